The van der Waals surface area contributed by atoms with Crippen LogP contribution < -0.4 is 5.32 Å². The molecule has 82 valence electrons. The van der Waals surface area contributed by atoms with Crippen LogP contribution in [0.5, 0.6) is 0 Å². The van der Waals surface area contributed by atoms with Crippen LogP contribution in [-0.4, -0.2) is 12.1 Å². The average molecular weight is 329 g/mol. The smallest absolute Gasteiger partial charge is 0.318 e. The van der Waals surface area contributed by atoms with E-state index in [4.69, 9.17) is 0 Å². The van der Waals surface area contributed by atoms with E-state index in [0.717, 1.165) is 3.57 Å². The number of amides is 1. The fourth-order valence-electron chi connectivity index (χ4n) is 0.936. The molecule has 0 aliphatic carbocycles. The van der Waals surface area contributed by atoms with Gasteiger partial charge in [0.2, 0.25) is 0 Å². The fraction of sp³-hybridized carbons (Fsp3) is 0.222. The van der Waals surface area contributed by atoms with Crippen LogP contribution in [0.4, 0.5) is 18.9 Å². The molecule has 0 fully saturated rings. The summed E-state index contributed by atoms with van der Waals surface area (Å²) in [6.07, 6.45) is -4.85. The lowest BCUT2D eigenvalue weighted by Crippen LogP contribution is -2.30. The van der Waals surface area contributed by atoms with Crippen molar-refractivity contribution < 1.29 is 18.0 Å². The van der Waals surface area contributed by atoms with E-state index in [1.54, 1.807) is 19.1 Å². The molecule has 0 saturated heterocycles. The van der Waals surface area contributed by atoms with E-state index in [1.807, 2.05) is 27.9 Å². The number of nitrogens with one attached hydrogen (secondary N) is 1. The molecule has 1 aromatic carbocycles. The largest absolute Gasteiger partial charge is 0.471 e. The SMILES string of the molecule is Cc1c(I)cccc1NC(=O)C(F)(F)F. The van der Waals surface area contributed by atoms with Crippen LogP contribution in [0.1, 0.15) is 5.56 Å². The van der Waals surface area contributed by atoms with Crippen LogP contribution >= 0.6 is 22.6 Å². The Balaban J connectivity index is 2.91. The summed E-state index contributed by atoms with van der Waals surface area (Å²) < 4.78 is 36.7. The zero-order valence-electron chi connectivity index (χ0n) is 7.65. The van der Waals surface area contributed by atoms with Crippen molar-refractivity contribution in [3.8, 4) is 0 Å². The first-order chi connectivity index (χ1) is 6.82. The van der Waals surface area contributed by atoms with E-state index < -0.39 is 12.1 Å². The van der Waals surface area contributed by atoms with E-state index in [2.05, 4.69) is 0 Å². The van der Waals surface area contributed by atoms with Crippen LogP contribution in [-0.2, 0) is 4.79 Å². The van der Waals surface area contributed by atoms with Gasteiger partial charge in [0.1, 0.15) is 0 Å². The second-order valence-electron chi connectivity index (χ2n) is 2.86. The van der Waals surface area contributed by atoms with Crippen LogP contribution in [0.15, 0.2) is 18.2 Å². The van der Waals surface area contributed by atoms with Crippen molar-refractivity contribution in [2.45, 2.75) is 13.1 Å². The number of benzene rings is 1. The number of anilines is 1. The van der Waals surface area contributed by atoms with Crippen LogP contribution in [0.25, 0.3) is 0 Å². The number of hydrogen-bond acceptors (Lipinski definition) is 1. The third-order valence-corrected chi connectivity index (χ3v) is 2.94. The summed E-state index contributed by atoms with van der Waals surface area (Å²) in [4.78, 5) is 10.7. The van der Waals surface area contributed by atoms with Crippen molar-refractivity contribution in [1.82, 2.24) is 0 Å². The molecule has 1 N–H and O–H groups in total. The molecule has 0 unspecified atom stereocenters. The summed E-state index contributed by atoms with van der Waals surface area (Å²) in [5.74, 6) is -1.95. The van der Waals surface area contributed by atoms with Gasteiger partial charge in [0.15, 0.2) is 0 Å². The monoisotopic (exact) mass is 329 g/mol. The van der Waals surface area contributed by atoms with Gasteiger partial charge < -0.3 is 5.32 Å². The molecular weight excluding hydrogens is 322 g/mol. The van der Waals surface area contributed by atoms with E-state index >= 15 is 0 Å². The van der Waals surface area contributed by atoms with Gasteiger partial charge in [0.05, 0.1) is 0 Å². The van der Waals surface area contributed by atoms with E-state index in [0.29, 0.717) is 5.56 Å². The van der Waals surface area contributed by atoms with Crippen molar-refractivity contribution in [3.63, 3.8) is 0 Å². The predicted molar refractivity (Wildman–Crippen MR) is 58.6 cm³/mol. The van der Waals surface area contributed by atoms with Gasteiger partial charge in [-0.15, -0.1) is 0 Å². The Bertz CT molecular complexity index is 389. The molecule has 0 atom stereocenters. The molecule has 0 radical (unpaired) electrons. The third-order valence-electron chi connectivity index (χ3n) is 1.77. The molecule has 1 amide bonds. The molecule has 6 heteroatoms. The first kappa shape index (κ1) is 12.3. The Morgan fingerprint density at radius 3 is 2.53 bits per heavy atom. The molecule has 0 aromatic heterocycles. The van der Waals surface area contributed by atoms with E-state index in [9.17, 15) is 18.0 Å². The molecule has 0 bridgehead atoms. The molecule has 15 heavy (non-hydrogen) atoms. The Morgan fingerprint density at radius 2 is 2.00 bits per heavy atom. The maximum Gasteiger partial charge on any atom is 0.471 e. The third kappa shape index (κ3) is 3.08. The van der Waals surface area contributed by atoms with Crippen molar-refractivity contribution in [2.24, 2.45) is 0 Å². The highest BCUT2D eigenvalue weighted by Gasteiger charge is 2.38. The molecular formula is C9H7F3INO. The van der Waals surface area contributed by atoms with E-state index in [-0.39, 0.29) is 5.69 Å². The summed E-state index contributed by atoms with van der Waals surface area (Å²) in [6, 6.07) is 4.76. The first-order valence-electron chi connectivity index (χ1n) is 3.95. The summed E-state index contributed by atoms with van der Waals surface area (Å²) in [6.45, 7) is 1.65. The van der Waals surface area contributed by atoms with Gasteiger partial charge >= 0.3 is 12.1 Å². The number of carbonyl (C=O) groups excluding carboxylic acids is 1. The van der Waals surface area contributed by atoms with Gasteiger partial charge in [-0.25, -0.2) is 0 Å². The van der Waals surface area contributed by atoms with Crippen molar-refractivity contribution in [1.29, 1.82) is 0 Å². The maximum absolute atomic E-state index is 12.0. The summed E-state index contributed by atoms with van der Waals surface area (Å²) in [7, 11) is 0. The molecule has 0 spiro atoms. The molecule has 0 aliphatic rings. The second-order valence-corrected chi connectivity index (χ2v) is 4.03. The number of rotatable bonds is 1. The lowest BCUT2D eigenvalue weighted by molar-refractivity contribution is -0.167. The Labute approximate surface area is 98.0 Å². The topological polar surface area (TPSA) is 29.1 Å². The van der Waals surface area contributed by atoms with Gasteiger partial charge in [-0.05, 0) is 47.2 Å². The highest BCUT2D eigenvalue weighted by atomic mass is 127. The summed E-state index contributed by atoms with van der Waals surface area (Å²) in [5.41, 5.74) is 0.805. The first-order valence-corrected chi connectivity index (χ1v) is 5.03. The molecule has 0 saturated carbocycles. The van der Waals surface area contributed by atoms with Crippen LogP contribution in [0, 0.1) is 10.5 Å². The molecule has 1 aromatic rings. The minimum absolute atomic E-state index is 0.184. The van der Waals surface area contributed by atoms with Gasteiger partial charge in [-0.3, -0.25) is 4.79 Å². The zero-order chi connectivity index (χ0) is 11.6. The molecule has 0 heterocycles. The normalized spacial score (nSPS) is 11.3. The van der Waals surface area contributed by atoms with E-state index in [1.165, 1.54) is 6.07 Å². The lowest BCUT2D eigenvalue weighted by atomic mass is 10.2. The summed E-state index contributed by atoms with van der Waals surface area (Å²) in [5, 5.41) is 1.82. The van der Waals surface area contributed by atoms with Crippen molar-refractivity contribution in [2.75, 3.05) is 5.32 Å². The average Bonchev–Trinajstić information content (AvgIpc) is 2.11. The zero-order valence-corrected chi connectivity index (χ0v) is 9.81. The number of carbonyl (C=O) groups is 1. The van der Waals surface area contributed by atoms with Gasteiger partial charge in [0.25, 0.3) is 0 Å². The molecule has 2 nitrogen and oxygen atoms in total. The molecule has 0 aliphatic heterocycles. The second kappa shape index (κ2) is 4.38. The quantitative estimate of drug-likeness (QED) is 0.788. The fourth-order valence-corrected chi connectivity index (χ4v) is 1.43. The Morgan fingerprint density at radius 1 is 1.40 bits per heavy atom. The highest BCUT2D eigenvalue weighted by molar-refractivity contribution is 14.1. The summed E-state index contributed by atoms with van der Waals surface area (Å²) >= 11 is 1.99. The maximum atomic E-state index is 12.0. The minimum Gasteiger partial charge on any atom is -0.318 e. The van der Waals surface area contributed by atoms with Gasteiger partial charge in [-0.2, -0.15) is 13.2 Å². The minimum atomic E-state index is -4.85. The number of hydrogen-bond donors (Lipinski definition) is 1. The van der Waals surface area contributed by atoms with Crippen molar-refractivity contribution in [3.05, 3.63) is 27.3 Å². The lowest BCUT2D eigenvalue weighted by Gasteiger charge is -2.10. The Kier molecular flexibility index (Phi) is 3.58. The van der Waals surface area contributed by atoms with Gasteiger partial charge in [-0.1, -0.05) is 6.07 Å². The van der Waals surface area contributed by atoms with Crippen LogP contribution in [0.2, 0.25) is 0 Å². The highest BCUT2D eigenvalue weighted by Crippen LogP contribution is 2.23. The number of alkyl halides is 3. The van der Waals surface area contributed by atoms with Crippen molar-refractivity contribution >= 4 is 34.2 Å². The van der Waals surface area contributed by atoms with Gasteiger partial charge in [0, 0.05) is 9.26 Å². The number of halogens is 4. The Hall–Kier alpha value is -0.790. The standard InChI is InChI=1S/C9H7F3INO/c1-5-6(13)3-2-4-7(5)14-8(15)9(10,11)12/h2-4H,1H3,(H,14,15). The molecule has 1 rings (SSSR count). The predicted octanol–water partition coefficient (Wildman–Crippen LogP) is 3.10. The van der Waals surface area contributed by atoms with Crippen LogP contribution in [0.3, 0.4) is 0 Å².